The zero-order chi connectivity index (χ0) is 17.4. The summed E-state index contributed by atoms with van der Waals surface area (Å²) < 4.78 is 19.6. The zero-order valence-corrected chi connectivity index (χ0v) is 14.7. The lowest BCUT2D eigenvalue weighted by atomic mass is 9.81. The van der Waals surface area contributed by atoms with Gasteiger partial charge in [-0.05, 0) is 43.2 Å². The van der Waals surface area contributed by atoms with Crippen LogP contribution in [0.4, 0.5) is 4.39 Å². The summed E-state index contributed by atoms with van der Waals surface area (Å²) in [6.07, 6.45) is 5.72. The number of fused-ring (bicyclic) bond motifs is 2. The van der Waals surface area contributed by atoms with E-state index in [9.17, 15) is 4.39 Å². The third-order valence-corrected chi connectivity index (χ3v) is 6.14. The van der Waals surface area contributed by atoms with Crippen molar-refractivity contribution in [1.29, 1.82) is 0 Å². The molecule has 0 amide bonds. The predicted octanol–water partition coefficient (Wildman–Crippen LogP) is 2.38. The molecule has 2 aromatic heterocycles. The number of rotatable bonds is 5. The number of pyridine rings is 2. The van der Waals surface area contributed by atoms with Gasteiger partial charge in [-0.1, -0.05) is 6.42 Å². The first-order chi connectivity index (χ1) is 12.1. The van der Waals surface area contributed by atoms with Gasteiger partial charge in [0, 0.05) is 31.3 Å². The van der Waals surface area contributed by atoms with Crippen LogP contribution in [0.5, 0.6) is 5.88 Å². The summed E-state index contributed by atoms with van der Waals surface area (Å²) in [6.45, 7) is 3.71. The van der Waals surface area contributed by atoms with Crippen molar-refractivity contribution in [2.75, 3.05) is 33.3 Å². The van der Waals surface area contributed by atoms with Gasteiger partial charge in [-0.3, -0.25) is 4.98 Å². The fraction of sp³-hybridized carbons (Fsp3) is 0.579. The van der Waals surface area contributed by atoms with E-state index < -0.39 is 0 Å². The minimum Gasteiger partial charge on any atom is -0.481 e. The molecule has 2 aromatic rings. The summed E-state index contributed by atoms with van der Waals surface area (Å²) in [5.74, 6) is 0.898. The number of halogens is 1. The normalized spacial score (nSPS) is 26.3. The average Bonchev–Trinajstić information content (AvgIpc) is 3.17. The van der Waals surface area contributed by atoms with Crippen molar-refractivity contribution in [1.82, 2.24) is 14.9 Å². The maximum absolute atomic E-state index is 14.4. The van der Waals surface area contributed by atoms with Crippen LogP contribution in [0, 0.1) is 17.2 Å². The molecule has 0 radical (unpaired) electrons. The summed E-state index contributed by atoms with van der Waals surface area (Å²) in [5, 5.41) is 0. The fourth-order valence-electron chi connectivity index (χ4n) is 4.73. The van der Waals surface area contributed by atoms with E-state index in [1.807, 2.05) is 6.07 Å². The van der Waals surface area contributed by atoms with E-state index in [1.54, 1.807) is 13.2 Å². The fourth-order valence-corrected chi connectivity index (χ4v) is 4.73. The predicted molar refractivity (Wildman–Crippen MR) is 95.0 cm³/mol. The molecule has 2 fully saturated rings. The molecule has 5 nitrogen and oxygen atoms in total. The van der Waals surface area contributed by atoms with E-state index in [2.05, 4.69) is 14.9 Å². The number of nitrogens with zero attached hydrogens (tertiary/aromatic N) is 3. The van der Waals surface area contributed by atoms with Gasteiger partial charge in [-0.15, -0.1) is 0 Å². The summed E-state index contributed by atoms with van der Waals surface area (Å²) in [5.41, 5.74) is 8.32. The van der Waals surface area contributed by atoms with Gasteiger partial charge in [0.05, 0.1) is 24.3 Å². The van der Waals surface area contributed by atoms with E-state index in [1.165, 1.54) is 25.5 Å². The molecule has 25 heavy (non-hydrogen) atoms. The summed E-state index contributed by atoms with van der Waals surface area (Å²) in [7, 11) is 1.57. The maximum atomic E-state index is 14.4. The monoisotopic (exact) mass is 344 g/mol. The Morgan fingerprint density at radius 2 is 2.32 bits per heavy atom. The SMILES string of the molecule is COc1ccc2ncc(F)c(CCN3C[C@@H]4CCCC4(CN)C3)c2n1. The van der Waals surface area contributed by atoms with Gasteiger partial charge in [0.1, 0.15) is 5.82 Å². The lowest BCUT2D eigenvalue weighted by molar-refractivity contribution is 0.250. The van der Waals surface area contributed by atoms with Crippen LogP contribution < -0.4 is 10.5 Å². The molecule has 1 aliphatic heterocycles. The molecule has 0 spiro atoms. The van der Waals surface area contributed by atoms with Crippen LogP contribution in [0.15, 0.2) is 18.3 Å². The van der Waals surface area contributed by atoms with Crippen molar-refractivity contribution in [3.8, 4) is 5.88 Å². The van der Waals surface area contributed by atoms with Gasteiger partial charge in [-0.2, -0.15) is 0 Å². The quantitative estimate of drug-likeness (QED) is 0.902. The molecule has 2 atom stereocenters. The van der Waals surface area contributed by atoms with Crippen LogP contribution in [-0.4, -0.2) is 48.2 Å². The minimum absolute atomic E-state index is 0.291. The molecule has 4 rings (SSSR count). The minimum atomic E-state index is -0.291. The van der Waals surface area contributed by atoms with E-state index in [0.29, 0.717) is 40.2 Å². The van der Waals surface area contributed by atoms with Gasteiger partial charge < -0.3 is 15.4 Å². The van der Waals surface area contributed by atoms with Gasteiger partial charge in [0.25, 0.3) is 0 Å². The third-order valence-electron chi connectivity index (χ3n) is 6.14. The number of ether oxygens (including phenoxy) is 1. The van der Waals surface area contributed by atoms with Crippen LogP contribution in [0.2, 0.25) is 0 Å². The molecule has 134 valence electrons. The van der Waals surface area contributed by atoms with Crippen LogP contribution in [0.1, 0.15) is 24.8 Å². The molecule has 1 saturated heterocycles. The zero-order valence-electron chi connectivity index (χ0n) is 14.7. The van der Waals surface area contributed by atoms with Crippen LogP contribution in [0.3, 0.4) is 0 Å². The molecular weight excluding hydrogens is 319 g/mol. The van der Waals surface area contributed by atoms with Crippen molar-refractivity contribution in [2.45, 2.75) is 25.7 Å². The summed E-state index contributed by atoms with van der Waals surface area (Å²) in [6, 6.07) is 3.58. The Labute approximate surface area is 147 Å². The molecule has 2 N–H and O–H groups in total. The van der Waals surface area contributed by atoms with E-state index in [4.69, 9.17) is 10.5 Å². The first-order valence-electron chi connectivity index (χ1n) is 9.06. The number of nitrogens with two attached hydrogens (primary N) is 1. The Kier molecular flexibility index (Phi) is 4.33. The van der Waals surface area contributed by atoms with Crippen LogP contribution in [0.25, 0.3) is 11.0 Å². The second-order valence-electron chi connectivity index (χ2n) is 7.45. The van der Waals surface area contributed by atoms with Crippen molar-refractivity contribution < 1.29 is 9.13 Å². The van der Waals surface area contributed by atoms with E-state index in [0.717, 1.165) is 26.2 Å². The van der Waals surface area contributed by atoms with Crippen molar-refractivity contribution in [3.05, 3.63) is 29.7 Å². The number of aromatic nitrogens is 2. The molecule has 2 aliphatic rings. The molecule has 0 aromatic carbocycles. The van der Waals surface area contributed by atoms with Crippen molar-refractivity contribution >= 4 is 11.0 Å². The van der Waals surface area contributed by atoms with E-state index in [-0.39, 0.29) is 5.82 Å². The van der Waals surface area contributed by atoms with Gasteiger partial charge in [0.15, 0.2) is 0 Å². The number of hydrogen-bond donors (Lipinski definition) is 1. The lowest BCUT2D eigenvalue weighted by Crippen LogP contribution is -2.35. The van der Waals surface area contributed by atoms with Gasteiger partial charge in [0.2, 0.25) is 5.88 Å². The molecule has 1 unspecified atom stereocenters. The highest BCUT2D eigenvalue weighted by molar-refractivity contribution is 5.78. The van der Waals surface area contributed by atoms with Crippen molar-refractivity contribution in [3.63, 3.8) is 0 Å². The van der Waals surface area contributed by atoms with E-state index >= 15 is 0 Å². The Hall–Kier alpha value is -1.79. The van der Waals surface area contributed by atoms with Gasteiger partial charge in [-0.25, -0.2) is 9.37 Å². The lowest BCUT2D eigenvalue weighted by Gasteiger charge is -2.27. The Morgan fingerprint density at radius 1 is 1.44 bits per heavy atom. The smallest absolute Gasteiger partial charge is 0.213 e. The van der Waals surface area contributed by atoms with Crippen LogP contribution >= 0.6 is 0 Å². The standard InChI is InChI=1S/C19H25FN4O/c1-25-17-5-4-16-18(23-17)14(15(20)9-22-16)6-8-24-10-13-3-2-7-19(13,11-21)12-24/h4-5,9,13H,2-3,6-8,10-12,21H2,1H3/t13-,19?/m0/s1. The third kappa shape index (κ3) is 2.87. The molecule has 0 bridgehead atoms. The molecular formula is C19H25FN4O. The number of hydrogen-bond acceptors (Lipinski definition) is 5. The second kappa shape index (κ2) is 6.50. The summed E-state index contributed by atoms with van der Waals surface area (Å²) in [4.78, 5) is 11.0. The Morgan fingerprint density at radius 3 is 3.08 bits per heavy atom. The summed E-state index contributed by atoms with van der Waals surface area (Å²) >= 11 is 0. The molecule has 6 heteroatoms. The molecule has 3 heterocycles. The second-order valence-corrected chi connectivity index (χ2v) is 7.45. The highest BCUT2D eigenvalue weighted by Gasteiger charge is 2.48. The Bertz CT molecular complexity index is 783. The topological polar surface area (TPSA) is 64.3 Å². The highest BCUT2D eigenvalue weighted by Crippen LogP contribution is 2.47. The molecule has 1 saturated carbocycles. The highest BCUT2D eigenvalue weighted by atomic mass is 19.1. The average molecular weight is 344 g/mol. The first kappa shape index (κ1) is 16.7. The first-order valence-corrected chi connectivity index (χ1v) is 9.06. The van der Waals surface area contributed by atoms with Crippen molar-refractivity contribution in [2.24, 2.45) is 17.1 Å². The maximum Gasteiger partial charge on any atom is 0.213 e. The number of methoxy groups -OCH3 is 1. The Balaban J connectivity index is 1.54. The van der Waals surface area contributed by atoms with Gasteiger partial charge >= 0.3 is 0 Å². The largest absolute Gasteiger partial charge is 0.481 e. The van der Waals surface area contributed by atoms with Crippen LogP contribution in [-0.2, 0) is 6.42 Å². The molecule has 1 aliphatic carbocycles. The number of likely N-dealkylation sites (tertiary alicyclic amines) is 1.